The Morgan fingerprint density at radius 1 is 1.05 bits per heavy atom. The van der Waals surface area contributed by atoms with Crippen molar-refractivity contribution in [1.29, 1.82) is 0 Å². The molecule has 0 spiro atoms. The van der Waals surface area contributed by atoms with Crippen LogP contribution in [0, 0.1) is 5.92 Å². The van der Waals surface area contributed by atoms with Gasteiger partial charge < -0.3 is 0 Å². The van der Waals surface area contributed by atoms with Crippen LogP contribution in [0.1, 0.15) is 31.4 Å². The van der Waals surface area contributed by atoms with Crippen molar-refractivity contribution < 1.29 is 21.4 Å². The number of hydrogen-bond acceptors (Lipinski definition) is 0. The van der Waals surface area contributed by atoms with Crippen LogP contribution < -0.4 is 0 Å². The van der Waals surface area contributed by atoms with Crippen molar-refractivity contribution in [2.75, 3.05) is 0 Å². The third-order valence-electron chi connectivity index (χ3n) is 4.58. The zero-order valence-corrected chi connectivity index (χ0v) is 16.5. The van der Waals surface area contributed by atoms with E-state index in [1.54, 1.807) is 5.56 Å². The van der Waals surface area contributed by atoms with Crippen molar-refractivity contribution in [3.05, 3.63) is 53.6 Å². The third kappa shape index (κ3) is 2.15. The Kier molecular flexibility index (Phi) is 3.75. The van der Waals surface area contributed by atoms with E-state index in [4.69, 9.17) is 0 Å². The first-order valence-corrected chi connectivity index (χ1v) is 16.5. The van der Waals surface area contributed by atoms with Gasteiger partial charge in [-0.3, -0.25) is 0 Å². The summed E-state index contributed by atoms with van der Waals surface area (Å²) < 4.78 is 5.57. The van der Waals surface area contributed by atoms with Gasteiger partial charge in [-0.2, -0.15) is 0 Å². The Bertz CT molecular complexity index is 667. The summed E-state index contributed by atoms with van der Waals surface area (Å²) in [5.74, 6) is 0.754. The molecule has 1 atom stereocenters. The predicted octanol–water partition coefficient (Wildman–Crippen LogP) is 5.82. The average Bonchev–Trinajstić information content (AvgIpc) is 2.79. The summed E-state index contributed by atoms with van der Waals surface area (Å²) in [6.45, 7) is 4.74. The zero-order valence-electron chi connectivity index (χ0n) is 12.9. The Labute approximate surface area is 130 Å². The third-order valence-corrected chi connectivity index (χ3v) is 13.2. The molecule has 1 heteroatoms. The van der Waals surface area contributed by atoms with E-state index < -0.39 is 21.4 Å². The van der Waals surface area contributed by atoms with Crippen LogP contribution in [-0.4, -0.2) is 0 Å². The molecule has 0 fully saturated rings. The Morgan fingerprint density at radius 2 is 1.80 bits per heavy atom. The molecule has 2 aromatic rings. The first-order valence-electron chi connectivity index (χ1n) is 7.57. The number of benzene rings is 2. The van der Waals surface area contributed by atoms with Crippen molar-refractivity contribution in [2.45, 2.75) is 32.8 Å². The molecule has 20 heavy (non-hydrogen) atoms. The molecule has 0 heterocycles. The molecule has 0 amide bonds. The Hall–Kier alpha value is -0.690. The summed E-state index contributed by atoms with van der Waals surface area (Å²) in [4.78, 5) is 0. The van der Waals surface area contributed by atoms with Gasteiger partial charge in [0.25, 0.3) is 0 Å². The van der Waals surface area contributed by atoms with Crippen LogP contribution in [0.2, 0.25) is 9.36 Å². The van der Waals surface area contributed by atoms with E-state index in [1.165, 1.54) is 22.8 Å². The molecule has 0 nitrogen and oxygen atoms in total. The van der Waals surface area contributed by atoms with Crippen LogP contribution in [0.5, 0.6) is 0 Å². The molecule has 0 radical (unpaired) electrons. The summed E-state index contributed by atoms with van der Waals surface area (Å²) in [6.07, 6.45) is 6.27. The molecule has 2 aromatic carbocycles. The van der Waals surface area contributed by atoms with Crippen LogP contribution in [0.3, 0.4) is 0 Å². The Morgan fingerprint density at radius 3 is 2.50 bits per heavy atom. The van der Waals surface area contributed by atoms with Crippen LogP contribution in [-0.2, 0) is 24.6 Å². The van der Waals surface area contributed by atoms with Crippen molar-refractivity contribution in [2.24, 2.45) is 5.92 Å². The van der Waals surface area contributed by atoms with E-state index in [0.29, 0.717) is 3.17 Å². The van der Waals surface area contributed by atoms with Crippen LogP contribution in [0.4, 0.5) is 0 Å². The first kappa shape index (κ1) is 14.3. The topological polar surface area (TPSA) is 0 Å². The fourth-order valence-electron chi connectivity index (χ4n) is 3.68. The summed E-state index contributed by atoms with van der Waals surface area (Å²) >= 11 is -1.63. The Balaban J connectivity index is 2.29. The van der Waals surface area contributed by atoms with Gasteiger partial charge in [-0.1, -0.05) is 0 Å². The number of hydrogen-bond donors (Lipinski definition) is 0. The second-order valence-electron chi connectivity index (χ2n) is 6.65. The molecule has 0 N–H and O–H groups in total. The SMILES string of the molecule is CC(C)C[C]1([Hf]([CH3])[CH3])C=Cc2ccc3ccccc3c21. The maximum atomic E-state index is 2.58. The van der Waals surface area contributed by atoms with E-state index in [1.807, 2.05) is 0 Å². The van der Waals surface area contributed by atoms with E-state index in [0.717, 1.165) is 5.92 Å². The van der Waals surface area contributed by atoms with Gasteiger partial charge in [0.15, 0.2) is 0 Å². The van der Waals surface area contributed by atoms with Crippen LogP contribution in [0.25, 0.3) is 16.8 Å². The average molecular weight is 430 g/mol. The molecule has 1 aliphatic rings. The molecular formula is C19H23Hf. The van der Waals surface area contributed by atoms with Gasteiger partial charge >= 0.3 is 131 Å². The minimum atomic E-state index is -1.63. The monoisotopic (exact) mass is 431 g/mol. The van der Waals surface area contributed by atoms with Crippen molar-refractivity contribution in [3.63, 3.8) is 0 Å². The second-order valence-corrected chi connectivity index (χ2v) is 17.0. The van der Waals surface area contributed by atoms with Crippen LogP contribution in [0.15, 0.2) is 42.5 Å². The van der Waals surface area contributed by atoms with Gasteiger partial charge in [-0.05, 0) is 0 Å². The number of fused-ring (bicyclic) bond motifs is 3. The zero-order chi connectivity index (χ0) is 14.3. The fraction of sp³-hybridized carbons (Fsp3) is 0.368. The van der Waals surface area contributed by atoms with Crippen LogP contribution >= 0.6 is 0 Å². The van der Waals surface area contributed by atoms with Gasteiger partial charge in [0.05, 0.1) is 0 Å². The predicted molar refractivity (Wildman–Crippen MR) is 85.8 cm³/mol. The second kappa shape index (κ2) is 5.26. The normalized spacial score (nSPS) is 20.6. The molecule has 0 aromatic heterocycles. The molecule has 1 aliphatic carbocycles. The maximum absolute atomic E-state index is 2.58. The van der Waals surface area contributed by atoms with E-state index in [9.17, 15) is 0 Å². The summed E-state index contributed by atoms with van der Waals surface area (Å²) in [5, 5.41) is 2.89. The van der Waals surface area contributed by atoms with E-state index in [-0.39, 0.29) is 0 Å². The van der Waals surface area contributed by atoms with Gasteiger partial charge in [0.2, 0.25) is 0 Å². The van der Waals surface area contributed by atoms with E-state index in [2.05, 4.69) is 71.8 Å². The molecule has 0 saturated heterocycles. The molecular weight excluding hydrogens is 407 g/mol. The summed E-state index contributed by atoms with van der Waals surface area (Å²) in [5.41, 5.74) is 3.12. The van der Waals surface area contributed by atoms with Crippen molar-refractivity contribution >= 4 is 16.8 Å². The van der Waals surface area contributed by atoms with E-state index >= 15 is 0 Å². The van der Waals surface area contributed by atoms with Gasteiger partial charge in [0.1, 0.15) is 0 Å². The summed E-state index contributed by atoms with van der Waals surface area (Å²) in [7, 11) is 0. The standard InChI is InChI=1S/C17H17.2CH3.Hf/c1-12(2)11-15-10-9-14-8-7-13-5-3-4-6-16(13)17(14)15;;;/h3-10,12H,11H2,1-2H3;2*1H3;. The van der Waals surface area contributed by atoms with Crippen molar-refractivity contribution in [1.82, 2.24) is 0 Å². The minimum absolute atomic E-state index is 0.412. The molecule has 1 unspecified atom stereocenters. The van der Waals surface area contributed by atoms with Gasteiger partial charge in [-0.15, -0.1) is 0 Å². The molecule has 0 aliphatic heterocycles. The molecule has 0 bridgehead atoms. The fourth-order valence-corrected chi connectivity index (χ4v) is 10.9. The summed E-state index contributed by atoms with van der Waals surface area (Å²) in [6, 6.07) is 13.5. The van der Waals surface area contributed by atoms with Crippen molar-refractivity contribution in [3.8, 4) is 0 Å². The number of allylic oxidation sites excluding steroid dienone is 1. The number of rotatable bonds is 3. The molecule has 3 rings (SSSR count). The van der Waals surface area contributed by atoms with Gasteiger partial charge in [-0.25, -0.2) is 0 Å². The van der Waals surface area contributed by atoms with Gasteiger partial charge in [0, 0.05) is 0 Å². The molecule has 0 saturated carbocycles. The quantitative estimate of drug-likeness (QED) is 0.539. The molecule has 103 valence electrons. The first-order chi connectivity index (χ1) is 9.54.